The second-order valence-electron chi connectivity index (χ2n) is 9.19. The van der Waals surface area contributed by atoms with Crippen LogP contribution in [0.3, 0.4) is 0 Å². The van der Waals surface area contributed by atoms with Gasteiger partial charge in [-0.05, 0) is 72.5 Å². The quantitative estimate of drug-likeness (QED) is 0.244. The molecule has 210 valence electrons. The molecule has 0 spiro atoms. The molecule has 8 nitrogen and oxygen atoms in total. The van der Waals surface area contributed by atoms with Crippen molar-refractivity contribution in [3.05, 3.63) is 88.1 Å². The lowest BCUT2D eigenvalue weighted by Gasteiger charge is -2.28. The van der Waals surface area contributed by atoms with E-state index in [9.17, 15) is 9.90 Å². The van der Waals surface area contributed by atoms with Crippen molar-refractivity contribution in [1.82, 2.24) is 19.1 Å². The lowest BCUT2D eigenvalue weighted by Crippen LogP contribution is -2.25. The molecule has 0 fully saturated rings. The molecule has 0 atom stereocenters. The standard InChI is InChI=1S/C29H30N4O4S.C2H6/c1-18-7-5-8-23(25-9-6-10-26(31-25)33-28(36-3)24(15-30-33)29(34)35)27(18)37-17-21-12-11-20-16-32(38-4)14-13-22(20)19(21)2;1-2/h5-12,15H,13-14,16-17H2,1-4H3,(H,34,35);1-2H3. The fraction of sp³-hybridized carbons (Fsp3) is 0.323. The molecule has 0 amide bonds. The molecule has 2 aromatic heterocycles. The molecule has 0 bridgehead atoms. The van der Waals surface area contributed by atoms with Gasteiger partial charge in [0.2, 0.25) is 5.88 Å². The highest BCUT2D eigenvalue weighted by atomic mass is 32.2. The summed E-state index contributed by atoms with van der Waals surface area (Å²) in [4.78, 5) is 16.3. The molecule has 0 aliphatic carbocycles. The van der Waals surface area contributed by atoms with E-state index < -0.39 is 5.97 Å². The van der Waals surface area contributed by atoms with Crippen molar-refractivity contribution in [2.45, 2.75) is 47.3 Å². The van der Waals surface area contributed by atoms with Crippen LogP contribution in [0, 0.1) is 13.8 Å². The minimum atomic E-state index is -1.11. The smallest absolute Gasteiger partial charge is 0.342 e. The summed E-state index contributed by atoms with van der Waals surface area (Å²) in [5, 5.41) is 13.6. The number of ether oxygens (including phenoxy) is 2. The summed E-state index contributed by atoms with van der Waals surface area (Å²) in [6.45, 7) is 10.7. The number of aryl methyl sites for hydroxylation is 1. The Kier molecular flexibility index (Phi) is 9.50. The highest BCUT2D eigenvalue weighted by Gasteiger charge is 2.21. The van der Waals surface area contributed by atoms with Gasteiger partial charge in [-0.2, -0.15) is 9.78 Å². The third kappa shape index (κ3) is 5.85. The van der Waals surface area contributed by atoms with Gasteiger partial charge in [0.15, 0.2) is 5.82 Å². The summed E-state index contributed by atoms with van der Waals surface area (Å²) in [5.41, 5.74) is 7.83. The number of aromatic carboxylic acids is 1. The number of hydrogen-bond acceptors (Lipinski definition) is 7. The summed E-state index contributed by atoms with van der Waals surface area (Å²) in [5.74, 6) is 0.217. The molecular weight excluding hydrogens is 524 g/mol. The third-order valence-electron chi connectivity index (χ3n) is 6.98. The zero-order valence-electron chi connectivity index (χ0n) is 23.9. The lowest BCUT2D eigenvalue weighted by atomic mass is 9.93. The Bertz CT molecular complexity index is 1500. The van der Waals surface area contributed by atoms with Crippen LogP contribution in [-0.2, 0) is 19.6 Å². The molecule has 9 heteroatoms. The molecule has 4 aromatic rings. The van der Waals surface area contributed by atoms with Gasteiger partial charge in [-0.3, -0.25) is 0 Å². The van der Waals surface area contributed by atoms with Gasteiger partial charge in [0, 0.05) is 18.7 Å². The number of carboxylic acid groups (broad SMARTS) is 1. The van der Waals surface area contributed by atoms with Gasteiger partial charge < -0.3 is 14.6 Å². The van der Waals surface area contributed by atoms with E-state index >= 15 is 0 Å². The first kappa shape index (κ1) is 29.2. The second-order valence-corrected chi connectivity index (χ2v) is 10.1. The first-order valence-electron chi connectivity index (χ1n) is 13.4. The third-order valence-corrected chi connectivity index (χ3v) is 7.81. The van der Waals surface area contributed by atoms with E-state index in [1.54, 1.807) is 18.0 Å². The number of nitrogens with zero attached hydrogens (tertiary/aromatic N) is 4. The van der Waals surface area contributed by atoms with Crippen molar-refractivity contribution in [2.75, 3.05) is 19.9 Å². The number of hydrogen-bond donors (Lipinski definition) is 1. The van der Waals surface area contributed by atoms with Crippen molar-refractivity contribution in [1.29, 1.82) is 0 Å². The van der Waals surface area contributed by atoms with Crippen LogP contribution in [-0.4, -0.2) is 50.1 Å². The number of carboxylic acids is 1. The summed E-state index contributed by atoms with van der Waals surface area (Å²) >= 11 is 1.80. The SMILES string of the molecule is CC.COc1c(C(=O)O)cnn1-c1cccc(-c2cccc(C)c2OCc2ccc3c(c2C)CCN(SC)C3)n1. The predicted octanol–water partition coefficient (Wildman–Crippen LogP) is 6.50. The number of pyridine rings is 1. The average Bonchev–Trinajstić information content (AvgIpc) is 3.43. The number of methoxy groups -OCH3 is 1. The fourth-order valence-corrected chi connectivity index (χ4v) is 5.45. The molecule has 0 radical (unpaired) electrons. The van der Waals surface area contributed by atoms with Crippen LogP contribution >= 0.6 is 11.9 Å². The van der Waals surface area contributed by atoms with E-state index in [1.807, 2.05) is 51.1 Å². The maximum Gasteiger partial charge on any atom is 0.342 e. The number of benzene rings is 2. The molecule has 1 aliphatic rings. The van der Waals surface area contributed by atoms with Gasteiger partial charge in [-0.25, -0.2) is 14.1 Å². The van der Waals surface area contributed by atoms with Crippen LogP contribution in [0.25, 0.3) is 17.1 Å². The Labute approximate surface area is 240 Å². The van der Waals surface area contributed by atoms with Crippen molar-refractivity contribution in [3.8, 4) is 28.7 Å². The summed E-state index contributed by atoms with van der Waals surface area (Å²) in [7, 11) is 1.41. The normalized spacial score (nSPS) is 12.8. The molecule has 2 aromatic carbocycles. The van der Waals surface area contributed by atoms with Crippen LogP contribution in [0.2, 0.25) is 0 Å². The lowest BCUT2D eigenvalue weighted by molar-refractivity contribution is 0.0693. The Morgan fingerprint density at radius 2 is 1.88 bits per heavy atom. The highest BCUT2D eigenvalue weighted by Crippen LogP contribution is 2.34. The van der Waals surface area contributed by atoms with Gasteiger partial charge in [-0.1, -0.05) is 56.1 Å². The summed E-state index contributed by atoms with van der Waals surface area (Å²) < 4.78 is 15.6. The molecule has 5 rings (SSSR count). The monoisotopic (exact) mass is 560 g/mol. The van der Waals surface area contributed by atoms with Crippen molar-refractivity contribution in [2.24, 2.45) is 0 Å². The van der Waals surface area contributed by atoms with E-state index in [0.29, 0.717) is 18.1 Å². The van der Waals surface area contributed by atoms with E-state index in [0.717, 1.165) is 36.4 Å². The Morgan fingerprint density at radius 1 is 1.10 bits per heavy atom. The van der Waals surface area contributed by atoms with Gasteiger partial charge in [0.1, 0.15) is 17.9 Å². The minimum absolute atomic E-state index is 0.0270. The minimum Gasteiger partial charge on any atom is -0.488 e. The van der Waals surface area contributed by atoms with Crippen molar-refractivity contribution in [3.63, 3.8) is 0 Å². The number of rotatable bonds is 8. The molecule has 0 saturated heterocycles. The van der Waals surface area contributed by atoms with Crippen LogP contribution < -0.4 is 9.47 Å². The van der Waals surface area contributed by atoms with E-state index in [2.05, 4.69) is 34.7 Å². The van der Waals surface area contributed by atoms with E-state index in [-0.39, 0.29) is 11.4 Å². The fourth-order valence-electron chi connectivity index (χ4n) is 4.91. The Balaban J connectivity index is 0.00000181. The highest BCUT2D eigenvalue weighted by molar-refractivity contribution is 7.96. The van der Waals surface area contributed by atoms with E-state index in [1.165, 1.54) is 40.2 Å². The van der Waals surface area contributed by atoms with Gasteiger partial charge in [-0.15, -0.1) is 0 Å². The largest absolute Gasteiger partial charge is 0.488 e. The molecule has 1 N–H and O–H groups in total. The second kappa shape index (κ2) is 13.0. The number of para-hydroxylation sites is 1. The number of carbonyl (C=O) groups is 1. The molecule has 1 aliphatic heterocycles. The van der Waals surface area contributed by atoms with E-state index in [4.69, 9.17) is 14.5 Å². The number of fused-ring (bicyclic) bond motifs is 1. The van der Waals surface area contributed by atoms with Gasteiger partial charge in [0.05, 0.1) is 19.0 Å². The summed E-state index contributed by atoms with van der Waals surface area (Å²) in [6, 6.07) is 15.9. The zero-order valence-corrected chi connectivity index (χ0v) is 24.7. The van der Waals surface area contributed by atoms with Gasteiger partial charge in [0.25, 0.3) is 0 Å². The Morgan fingerprint density at radius 3 is 2.60 bits per heavy atom. The number of aromatic nitrogens is 3. The van der Waals surface area contributed by atoms with Crippen LogP contribution in [0.15, 0.2) is 54.7 Å². The first-order valence-corrected chi connectivity index (χ1v) is 14.5. The summed E-state index contributed by atoms with van der Waals surface area (Å²) in [6.07, 6.45) is 4.43. The van der Waals surface area contributed by atoms with Crippen LogP contribution in [0.5, 0.6) is 11.6 Å². The average molecular weight is 561 g/mol. The molecular formula is C31H36N4O4S. The van der Waals surface area contributed by atoms with Gasteiger partial charge >= 0.3 is 5.97 Å². The topological polar surface area (TPSA) is 89.7 Å². The van der Waals surface area contributed by atoms with Crippen molar-refractivity contribution >= 4 is 17.9 Å². The van der Waals surface area contributed by atoms with Crippen LogP contribution in [0.1, 0.15) is 52.0 Å². The maximum absolute atomic E-state index is 11.5. The van der Waals surface area contributed by atoms with Crippen LogP contribution in [0.4, 0.5) is 0 Å². The molecule has 40 heavy (non-hydrogen) atoms. The Hall–Kier alpha value is -3.82. The molecule has 3 heterocycles. The first-order chi connectivity index (χ1) is 19.4. The zero-order chi connectivity index (χ0) is 28.8. The molecule has 0 unspecified atom stereocenters. The van der Waals surface area contributed by atoms with Crippen molar-refractivity contribution < 1.29 is 19.4 Å². The predicted molar refractivity (Wildman–Crippen MR) is 160 cm³/mol. The molecule has 0 saturated carbocycles. The maximum atomic E-state index is 11.5.